The molecule has 28 heavy (non-hydrogen) atoms. The van der Waals surface area contributed by atoms with Gasteiger partial charge in [-0.2, -0.15) is 0 Å². The predicted octanol–water partition coefficient (Wildman–Crippen LogP) is 4.01. The fraction of sp³-hybridized carbons (Fsp3) is 0.182. The molecule has 2 aromatic carbocycles. The van der Waals surface area contributed by atoms with E-state index in [1.807, 2.05) is 30.3 Å². The van der Waals surface area contributed by atoms with E-state index >= 15 is 0 Å². The minimum Gasteiger partial charge on any atom is -0.490 e. The number of carbonyl (C=O) groups is 1. The van der Waals surface area contributed by atoms with Crippen LogP contribution in [0.25, 0.3) is 11.1 Å². The lowest BCUT2D eigenvalue weighted by Crippen LogP contribution is -2.21. The van der Waals surface area contributed by atoms with Crippen molar-refractivity contribution in [1.82, 2.24) is 10.3 Å². The monoisotopic (exact) mass is 379 g/mol. The van der Waals surface area contributed by atoms with Crippen molar-refractivity contribution in [3.63, 3.8) is 0 Å². The molecular formula is C22H22FN3O2. The summed E-state index contributed by atoms with van der Waals surface area (Å²) in [4.78, 5) is 15.2. The molecule has 5 nitrogen and oxygen atoms in total. The summed E-state index contributed by atoms with van der Waals surface area (Å²) < 4.78 is 20.1. The zero-order chi connectivity index (χ0) is 19.8. The number of carbonyl (C=O) groups excluding carboxylic acids is 1. The number of benzene rings is 2. The standard InChI is InChI=1S/C22H22FN3O2/c1-16(27)26-21-4-2-3-5-22(21)28-13-12-25-15-19-7-6-18(14-20(19)23)17-8-10-24-11-9-17/h2-11,14,25H,12-13,15H2,1H3,(H,26,27). The molecule has 0 aliphatic heterocycles. The van der Waals surface area contributed by atoms with Gasteiger partial charge in [-0.3, -0.25) is 9.78 Å². The van der Waals surface area contributed by atoms with Gasteiger partial charge in [-0.05, 0) is 41.5 Å². The summed E-state index contributed by atoms with van der Waals surface area (Å²) in [5.74, 6) is 0.200. The van der Waals surface area contributed by atoms with Crippen LogP contribution in [0, 0.1) is 5.82 Å². The highest BCUT2D eigenvalue weighted by Gasteiger charge is 2.06. The SMILES string of the molecule is CC(=O)Nc1ccccc1OCCNCc1ccc(-c2ccncc2)cc1F. The molecule has 0 unspecified atom stereocenters. The number of pyridine rings is 1. The van der Waals surface area contributed by atoms with Crippen LogP contribution in [-0.4, -0.2) is 24.0 Å². The molecule has 0 spiro atoms. The number of halogens is 1. The molecule has 144 valence electrons. The molecule has 1 heterocycles. The second-order valence-electron chi connectivity index (χ2n) is 6.24. The number of hydrogen-bond acceptors (Lipinski definition) is 4. The van der Waals surface area contributed by atoms with Crippen molar-refractivity contribution in [3.8, 4) is 16.9 Å². The molecule has 0 aliphatic carbocycles. The van der Waals surface area contributed by atoms with Gasteiger partial charge in [-0.1, -0.05) is 24.3 Å². The molecule has 2 N–H and O–H groups in total. The number of ether oxygens (including phenoxy) is 1. The van der Waals surface area contributed by atoms with Gasteiger partial charge < -0.3 is 15.4 Å². The molecule has 0 saturated heterocycles. The van der Waals surface area contributed by atoms with E-state index in [1.165, 1.54) is 13.0 Å². The highest BCUT2D eigenvalue weighted by Crippen LogP contribution is 2.23. The van der Waals surface area contributed by atoms with Gasteiger partial charge in [-0.15, -0.1) is 0 Å². The van der Waals surface area contributed by atoms with Crippen LogP contribution >= 0.6 is 0 Å². The third-order valence-electron chi connectivity index (χ3n) is 4.12. The third kappa shape index (κ3) is 5.37. The molecule has 6 heteroatoms. The summed E-state index contributed by atoms with van der Waals surface area (Å²) in [5.41, 5.74) is 2.98. The Balaban J connectivity index is 1.49. The predicted molar refractivity (Wildman–Crippen MR) is 108 cm³/mol. The summed E-state index contributed by atoms with van der Waals surface area (Å²) in [6.07, 6.45) is 3.37. The van der Waals surface area contributed by atoms with E-state index in [1.54, 1.807) is 30.6 Å². The number of nitrogens with one attached hydrogen (secondary N) is 2. The number of nitrogens with zero attached hydrogens (tertiary/aromatic N) is 1. The maximum atomic E-state index is 14.4. The van der Waals surface area contributed by atoms with Crippen LogP contribution in [0.3, 0.4) is 0 Å². The largest absolute Gasteiger partial charge is 0.490 e. The van der Waals surface area contributed by atoms with E-state index < -0.39 is 0 Å². The van der Waals surface area contributed by atoms with Gasteiger partial charge in [0.15, 0.2) is 0 Å². The second-order valence-corrected chi connectivity index (χ2v) is 6.24. The van der Waals surface area contributed by atoms with E-state index in [-0.39, 0.29) is 11.7 Å². The summed E-state index contributed by atoms with van der Waals surface area (Å²) >= 11 is 0. The Kier molecular flexibility index (Phi) is 6.70. The fourth-order valence-corrected chi connectivity index (χ4v) is 2.76. The molecule has 3 aromatic rings. The summed E-state index contributed by atoms with van der Waals surface area (Å²) in [5, 5.41) is 5.90. The van der Waals surface area contributed by atoms with Gasteiger partial charge >= 0.3 is 0 Å². The topological polar surface area (TPSA) is 63.2 Å². The minimum absolute atomic E-state index is 0.153. The van der Waals surface area contributed by atoms with Crippen LogP contribution in [0.2, 0.25) is 0 Å². The lowest BCUT2D eigenvalue weighted by atomic mass is 10.0. The zero-order valence-electron chi connectivity index (χ0n) is 15.6. The first kappa shape index (κ1) is 19.5. The Morgan fingerprint density at radius 1 is 1.07 bits per heavy atom. The number of rotatable bonds is 8. The molecule has 0 fully saturated rings. The Hall–Kier alpha value is -3.25. The molecule has 3 rings (SSSR count). The zero-order valence-corrected chi connectivity index (χ0v) is 15.6. The minimum atomic E-state index is -0.251. The summed E-state index contributed by atoms with van der Waals surface area (Å²) in [7, 11) is 0. The van der Waals surface area contributed by atoms with Crippen molar-refractivity contribution < 1.29 is 13.9 Å². The van der Waals surface area contributed by atoms with Gasteiger partial charge in [0.25, 0.3) is 0 Å². The summed E-state index contributed by atoms with van der Waals surface area (Å²) in [6, 6.07) is 16.2. The molecule has 1 aromatic heterocycles. The Morgan fingerprint density at radius 3 is 2.61 bits per heavy atom. The maximum Gasteiger partial charge on any atom is 0.221 e. The van der Waals surface area contributed by atoms with E-state index in [9.17, 15) is 9.18 Å². The maximum absolute atomic E-state index is 14.4. The molecule has 0 saturated carbocycles. The second kappa shape index (κ2) is 9.62. The van der Waals surface area contributed by atoms with Crippen molar-refractivity contribution in [3.05, 3.63) is 78.4 Å². The van der Waals surface area contributed by atoms with Crippen molar-refractivity contribution in [2.24, 2.45) is 0 Å². The lowest BCUT2D eigenvalue weighted by Gasteiger charge is -2.12. The normalized spacial score (nSPS) is 10.5. The van der Waals surface area contributed by atoms with Gasteiger partial charge in [0.1, 0.15) is 18.2 Å². The number of amides is 1. The van der Waals surface area contributed by atoms with Crippen molar-refractivity contribution in [2.45, 2.75) is 13.5 Å². The van der Waals surface area contributed by atoms with Crippen LogP contribution in [0.1, 0.15) is 12.5 Å². The number of anilines is 1. The highest BCUT2D eigenvalue weighted by molar-refractivity contribution is 5.90. The van der Waals surface area contributed by atoms with Crippen LogP contribution in [0.15, 0.2) is 67.0 Å². The summed E-state index contributed by atoms with van der Waals surface area (Å²) in [6.45, 7) is 2.79. The average molecular weight is 379 g/mol. The van der Waals surface area contributed by atoms with E-state index in [2.05, 4.69) is 15.6 Å². The molecule has 0 bridgehead atoms. The first-order chi connectivity index (χ1) is 13.6. The average Bonchev–Trinajstić information content (AvgIpc) is 2.70. The van der Waals surface area contributed by atoms with E-state index in [0.717, 1.165) is 11.1 Å². The Bertz CT molecular complexity index is 932. The van der Waals surface area contributed by atoms with Crippen molar-refractivity contribution in [1.29, 1.82) is 0 Å². The molecule has 0 radical (unpaired) electrons. The van der Waals surface area contributed by atoms with E-state index in [4.69, 9.17) is 4.74 Å². The Morgan fingerprint density at radius 2 is 1.86 bits per heavy atom. The smallest absolute Gasteiger partial charge is 0.221 e. The van der Waals surface area contributed by atoms with E-state index in [0.29, 0.717) is 36.7 Å². The number of aromatic nitrogens is 1. The van der Waals surface area contributed by atoms with Gasteiger partial charge in [-0.25, -0.2) is 4.39 Å². The first-order valence-corrected chi connectivity index (χ1v) is 9.02. The van der Waals surface area contributed by atoms with Crippen LogP contribution in [0.4, 0.5) is 10.1 Å². The third-order valence-corrected chi connectivity index (χ3v) is 4.12. The van der Waals surface area contributed by atoms with Crippen LogP contribution in [-0.2, 0) is 11.3 Å². The lowest BCUT2D eigenvalue weighted by molar-refractivity contribution is -0.114. The first-order valence-electron chi connectivity index (χ1n) is 9.02. The molecule has 1 amide bonds. The molecular weight excluding hydrogens is 357 g/mol. The Labute approximate surface area is 163 Å². The van der Waals surface area contributed by atoms with Gasteiger partial charge in [0, 0.05) is 38.0 Å². The van der Waals surface area contributed by atoms with Crippen LogP contribution < -0.4 is 15.4 Å². The van der Waals surface area contributed by atoms with Crippen molar-refractivity contribution in [2.75, 3.05) is 18.5 Å². The van der Waals surface area contributed by atoms with Crippen LogP contribution in [0.5, 0.6) is 5.75 Å². The molecule has 0 atom stereocenters. The van der Waals surface area contributed by atoms with Gasteiger partial charge in [0.2, 0.25) is 5.91 Å². The number of hydrogen-bond donors (Lipinski definition) is 2. The highest BCUT2D eigenvalue weighted by atomic mass is 19.1. The molecule has 0 aliphatic rings. The quantitative estimate of drug-likeness (QED) is 0.581. The van der Waals surface area contributed by atoms with Gasteiger partial charge in [0.05, 0.1) is 5.69 Å². The number of para-hydroxylation sites is 2. The fourth-order valence-electron chi connectivity index (χ4n) is 2.76. The van der Waals surface area contributed by atoms with Crippen molar-refractivity contribution >= 4 is 11.6 Å².